The topological polar surface area (TPSA) is 89.9 Å². The molecule has 1 saturated heterocycles. The van der Waals surface area contributed by atoms with Gasteiger partial charge in [-0.25, -0.2) is 4.68 Å². The molecule has 0 aliphatic carbocycles. The van der Waals surface area contributed by atoms with Gasteiger partial charge in [-0.2, -0.15) is 0 Å². The summed E-state index contributed by atoms with van der Waals surface area (Å²) in [6, 6.07) is 0.114. The first-order valence-electron chi connectivity index (χ1n) is 6.82. The highest BCUT2D eigenvalue weighted by molar-refractivity contribution is 5.76. The van der Waals surface area contributed by atoms with Gasteiger partial charge in [-0.1, -0.05) is 13.8 Å². The summed E-state index contributed by atoms with van der Waals surface area (Å²) in [6.07, 6.45) is 2.84. The molecule has 0 aromatic carbocycles. The SMILES string of the molecule is CC(C)[C@@H]1CN(C(=O)CCCn2cnnn2)C[C@H]1N. The standard InChI is InChI=1S/C12H22N6O/c1-9(2)10-6-17(7-11(10)13)12(19)4-3-5-18-8-14-15-16-18/h8-11H,3-7,13H2,1-2H3/t10-,11+/m0/s1. The Hall–Kier alpha value is -1.50. The lowest BCUT2D eigenvalue weighted by molar-refractivity contribution is -0.130. The second-order valence-electron chi connectivity index (χ2n) is 5.55. The molecular formula is C12H22N6O. The Kier molecular flexibility index (Phi) is 4.47. The first-order chi connectivity index (χ1) is 9.08. The first-order valence-corrected chi connectivity index (χ1v) is 6.82. The van der Waals surface area contributed by atoms with Gasteiger partial charge in [0.05, 0.1) is 0 Å². The van der Waals surface area contributed by atoms with Crippen molar-refractivity contribution in [2.45, 2.75) is 39.3 Å². The number of hydrogen-bond donors (Lipinski definition) is 1. The molecule has 1 aliphatic rings. The Morgan fingerprint density at radius 3 is 2.84 bits per heavy atom. The highest BCUT2D eigenvalue weighted by atomic mass is 16.2. The van der Waals surface area contributed by atoms with E-state index in [9.17, 15) is 4.79 Å². The number of carbonyl (C=O) groups excluding carboxylic acids is 1. The third kappa shape index (κ3) is 3.50. The van der Waals surface area contributed by atoms with Gasteiger partial charge in [0.1, 0.15) is 6.33 Å². The molecule has 1 aromatic rings. The lowest BCUT2D eigenvalue weighted by atomic mass is 9.92. The van der Waals surface area contributed by atoms with Crippen molar-refractivity contribution in [1.29, 1.82) is 0 Å². The van der Waals surface area contributed by atoms with Crippen LogP contribution in [-0.4, -0.2) is 50.1 Å². The summed E-state index contributed by atoms with van der Waals surface area (Å²) < 4.78 is 1.64. The molecule has 0 unspecified atom stereocenters. The first kappa shape index (κ1) is 13.9. The van der Waals surface area contributed by atoms with Crippen LogP contribution < -0.4 is 5.73 Å². The highest BCUT2D eigenvalue weighted by Crippen LogP contribution is 2.23. The number of aromatic nitrogens is 4. The predicted molar refractivity (Wildman–Crippen MR) is 69.9 cm³/mol. The molecule has 0 radical (unpaired) electrons. The molecule has 7 heteroatoms. The van der Waals surface area contributed by atoms with E-state index in [0.29, 0.717) is 31.3 Å². The van der Waals surface area contributed by atoms with Gasteiger partial charge in [-0.3, -0.25) is 4.79 Å². The van der Waals surface area contributed by atoms with Crippen LogP contribution in [0.5, 0.6) is 0 Å². The van der Waals surface area contributed by atoms with Crippen molar-refractivity contribution >= 4 is 5.91 Å². The molecule has 2 atom stereocenters. The number of nitrogens with zero attached hydrogens (tertiary/aromatic N) is 5. The Morgan fingerprint density at radius 2 is 2.26 bits per heavy atom. The van der Waals surface area contributed by atoms with Gasteiger partial charge in [0, 0.05) is 32.1 Å². The Morgan fingerprint density at radius 1 is 1.47 bits per heavy atom. The van der Waals surface area contributed by atoms with Gasteiger partial charge in [-0.05, 0) is 28.7 Å². The van der Waals surface area contributed by atoms with Gasteiger partial charge in [0.25, 0.3) is 0 Å². The molecule has 2 heterocycles. The molecule has 1 fully saturated rings. The average molecular weight is 266 g/mol. The van der Waals surface area contributed by atoms with E-state index in [1.807, 2.05) is 4.90 Å². The molecule has 106 valence electrons. The van der Waals surface area contributed by atoms with Gasteiger partial charge in [-0.15, -0.1) is 5.10 Å². The molecule has 2 rings (SSSR count). The zero-order valence-corrected chi connectivity index (χ0v) is 11.6. The molecule has 7 nitrogen and oxygen atoms in total. The van der Waals surface area contributed by atoms with E-state index in [2.05, 4.69) is 29.4 Å². The fourth-order valence-corrected chi connectivity index (χ4v) is 2.60. The number of aryl methyl sites for hydroxylation is 1. The van der Waals surface area contributed by atoms with Crippen LogP contribution in [0.2, 0.25) is 0 Å². The van der Waals surface area contributed by atoms with Crippen LogP contribution in [0, 0.1) is 11.8 Å². The largest absolute Gasteiger partial charge is 0.341 e. The summed E-state index contributed by atoms with van der Waals surface area (Å²) in [5.74, 6) is 1.13. The fraction of sp³-hybridized carbons (Fsp3) is 0.833. The number of nitrogens with two attached hydrogens (primary N) is 1. The van der Waals surface area contributed by atoms with Gasteiger partial charge in [0.15, 0.2) is 0 Å². The summed E-state index contributed by atoms with van der Waals surface area (Å²) in [4.78, 5) is 14.0. The second kappa shape index (κ2) is 6.10. The van der Waals surface area contributed by atoms with Gasteiger partial charge < -0.3 is 10.6 Å². The average Bonchev–Trinajstić information content (AvgIpc) is 2.98. The molecule has 0 saturated carbocycles. The molecular weight excluding hydrogens is 244 g/mol. The van der Waals surface area contributed by atoms with Gasteiger partial charge >= 0.3 is 0 Å². The van der Waals surface area contributed by atoms with Crippen molar-refractivity contribution in [3.05, 3.63) is 6.33 Å². The third-order valence-corrected chi connectivity index (χ3v) is 3.79. The van der Waals surface area contributed by atoms with E-state index >= 15 is 0 Å². The Labute approximate surface area is 113 Å². The number of carbonyl (C=O) groups is 1. The third-order valence-electron chi connectivity index (χ3n) is 3.79. The van der Waals surface area contributed by atoms with Crippen molar-refractivity contribution in [3.8, 4) is 0 Å². The van der Waals surface area contributed by atoms with Crippen LogP contribution in [0.25, 0.3) is 0 Å². The lowest BCUT2D eigenvalue weighted by Gasteiger charge is -2.18. The lowest BCUT2D eigenvalue weighted by Crippen LogP contribution is -2.33. The van der Waals surface area contributed by atoms with E-state index in [-0.39, 0.29) is 11.9 Å². The highest BCUT2D eigenvalue weighted by Gasteiger charge is 2.34. The van der Waals surface area contributed by atoms with E-state index < -0.39 is 0 Å². The van der Waals surface area contributed by atoms with Crippen LogP contribution in [0.15, 0.2) is 6.33 Å². The Bertz CT molecular complexity index is 404. The van der Waals surface area contributed by atoms with Crippen molar-refractivity contribution in [2.24, 2.45) is 17.6 Å². The molecule has 0 spiro atoms. The maximum absolute atomic E-state index is 12.1. The summed E-state index contributed by atoms with van der Waals surface area (Å²) in [6.45, 7) is 6.48. The number of hydrogen-bond acceptors (Lipinski definition) is 5. The van der Waals surface area contributed by atoms with E-state index in [4.69, 9.17) is 5.73 Å². The monoisotopic (exact) mass is 266 g/mol. The number of rotatable bonds is 5. The summed E-state index contributed by atoms with van der Waals surface area (Å²) >= 11 is 0. The maximum Gasteiger partial charge on any atom is 0.222 e. The minimum atomic E-state index is 0.114. The van der Waals surface area contributed by atoms with Crippen LogP contribution in [0.1, 0.15) is 26.7 Å². The zero-order valence-electron chi connectivity index (χ0n) is 11.6. The van der Waals surface area contributed by atoms with E-state index in [0.717, 1.165) is 13.0 Å². The molecule has 1 aromatic heterocycles. The van der Waals surface area contributed by atoms with Gasteiger partial charge in [0.2, 0.25) is 5.91 Å². The van der Waals surface area contributed by atoms with E-state index in [1.54, 1.807) is 11.0 Å². The van der Waals surface area contributed by atoms with Crippen LogP contribution >= 0.6 is 0 Å². The second-order valence-corrected chi connectivity index (χ2v) is 5.55. The number of tetrazole rings is 1. The minimum Gasteiger partial charge on any atom is -0.341 e. The van der Waals surface area contributed by atoms with Crippen molar-refractivity contribution in [3.63, 3.8) is 0 Å². The van der Waals surface area contributed by atoms with Crippen molar-refractivity contribution < 1.29 is 4.79 Å². The Balaban J connectivity index is 1.75. The zero-order chi connectivity index (χ0) is 13.8. The molecule has 19 heavy (non-hydrogen) atoms. The summed E-state index contributed by atoms with van der Waals surface area (Å²) in [7, 11) is 0. The maximum atomic E-state index is 12.1. The molecule has 1 amide bonds. The smallest absolute Gasteiger partial charge is 0.222 e. The molecule has 2 N–H and O–H groups in total. The number of likely N-dealkylation sites (tertiary alicyclic amines) is 1. The minimum absolute atomic E-state index is 0.114. The van der Waals surface area contributed by atoms with E-state index in [1.165, 1.54) is 0 Å². The van der Waals surface area contributed by atoms with Crippen LogP contribution in [-0.2, 0) is 11.3 Å². The molecule has 0 bridgehead atoms. The summed E-state index contributed by atoms with van der Waals surface area (Å²) in [5, 5.41) is 10.9. The predicted octanol–water partition coefficient (Wildman–Crippen LogP) is -0.105. The summed E-state index contributed by atoms with van der Waals surface area (Å²) in [5.41, 5.74) is 6.09. The normalized spacial score (nSPS) is 23.3. The molecule has 1 aliphatic heterocycles. The van der Waals surface area contributed by atoms with Crippen LogP contribution in [0.3, 0.4) is 0 Å². The van der Waals surface area contributed by atoms with Crippen LogP contribution in [0.4, 0.5) is 0 Å². The number of amides is 1. The fourth-order valence-electron chi connectivity index (χ4n) is 2.60. The quantitative estimate of drug-likeness (QED) is 0.803. The van der Waals surface area contributed by atoms with Crippen molar-refractivity contribution in [1.82, 2.24) is 25.1 Å². The van der Waals surface area contributed by atoms with Crippen molar-refractivity contribution in [2.75, 3.05) is 13.1 Å².